The zero-order valence-corrected chi connectivity index (χ0v) is 25.7. The molecule has 2 aromatic heterocycles. The summed E-state index contributed by atoms with van der Waals surface area (Å²) in [5.74, 6) is 0.474. The molecule has 224 valence electrons. The smallest absolute Gasteiger partial charge is 0.323 e. The topological polar surface area (TPSA) is 133 Å². The number of aromatic nitrogens is 4. The van der Waals surface area contributed by atoms with Crippen LogP contribution in [0.1, 0.15) is 25.9 Å². The predicted octanol–water partition coefficient (Wildman–Crippen LogP) is 3.27. The number of rotatable bonds is 12. The Bertz CT molecular complexity index is 1420. The van der Waals surface area contributed by atoms with E-state index in [1.165, 1.54) is 10.9 Å². The van der Waals surface area contributed by atoms with Crippen molar-refractivity contribution in [1.82, 2.24) is 24.6 Å². The number of aliphatic hydroxyl groups is 1. The molecule has 1 aliphatic heterocycles. The second kappa shape index (κ2) is 12.8. The Morgan fingerprint density at radius 3 is 2.71 bits per heavy atom. The number of hydrogen-bond acceptors (Lipinski definition) is 11. The number of carbonyl (C=O) groups is 1. The number of imidazole rings is 1. The summed E-state index contributed by atoms with van der Waals surface area (Å²) in [6.45, 7) is 1.16. The first-order valence-electron chi connectivity index (χ1n) is 12.8. The molecule has 3 aromatic rings. The summed E-state index contributed by atoms with van der Waals surface area (Å²) in [4.78, 5) is 27.3. The largest absolute Gasteiger partial charge is 0.465 e. The van der Waals surface area contributed by atoms with Crippen molar-refractivity contribution >= 4 is 53.0 Å². The van der Waals surface area contributed by atoms with Gasteiger partial charge in [0.05, 0.1) is 25.4 Å². The summed E-state index contributed by atoms with van der Waals surface area (Å²) in [5.41, 5.74) is -0.961. The molecule has 0 aliphatic carbocycles. The third-order valence-corrected chi connectivity index (χ3v) is 9.28. The summed E-state index contributed by atoms with van der Waals surface area (Å²) >= 11 is 12.0. The van der Waals surface area contributed by atoms with Crippen LogP contribution >= 0.6 is 18.2 Å². The van der Waals surface area contributed by atoms with E-state index in [1.54, 1.807) is 56.0 Å². The number of fused-ring (bicyclic) bond motifs is 1. The van der Waals surface area contributed by atoms with Crippen LogP contribution in [0, 0.1) is 6.92 Å². The molecule has 3 heterocycles. The zero-order valence-electron chi connectivity index (χ0n) is 23.2. The van der Waals surface area contributed by atoms with E-state index in [9.17, 15) is 9.90 Å². The highest BCUT2D eigenvalue weighted by Crippen LogP contribution is 2.49. The standard InChI is InChI=1S/C25H33ClFN6O6PS/c1-6-36-24(35)15(2)31-40(41,39-17-10-8-7-9-11-17)37-13-25(12-26)20(34)18(27)23(38-25)33-14-28-19-21(32(4)5)29-16(3)30-22(19)33/h7-11,14-15,18,20,23,34H,6,12-13H2,1-5H3,(H,31,41)/t15-,18+,20-,23+,25+,40-/m0/s1. The number of aryl methyl sites for hydroxylation is 1. The van der Waals surface area contributed by atoms with Gasteiger partial charge in [-0.3, -0.25) is 9.36 Å². The van der Waals surface area contributed by atoms with Gasteiger partial charge in [0.25, 0.3) is 0 Å². The van der Waals surface area contributed by atoms with E-state index in [1.807, 2.05) is 14.1 Å². The molecule has 0 radical (unpaired) electrons. The van der Waals surface area contributed by atoms with Crippen molar-refractivity contribution in [2.75, 3.05) is 38.1 Å². The molecule has 4 rings (SSSR count). The highest BCUT2D eigenvalue weighted by atomic mass is 35.5. The van der Waals surface area contributed by atoms with Gasteiger partial charge in [-0.25, -0.2) is 24.4 Å². The monoisotopic (exact) mass is 630 g/mol. The molecule has 12 nitrogen and oxygen atoms in total. The second-order valence-electron chi connectivity index (χ2n) is 9.69. The Labute approximate surface area is 247 Å². The molecule has 1 saturated heterocycles. The van der Waals surface area contributed by atoms with Crippen molar-refractivity contribution in [3.8, 4) is 5.75 Å². The summed E-state index contributed by atoms with van der Waals surface area (Å²) < 4.78 is 40.4. The zero-order chi connectivity index (χ0) is 29.9. The average molecular weight is 631 g/mol. The van der Waals surface area contributed by atoms with E-state index >= 15 is 4.39 Å². The molecule has 1 aliphatic rings. The highest BCUT2D eigenvalue weighted by molar-refractivity contribution is 8.09. The minimum absolute atomic E-state index is 0.173. The number of nitrogens with zero attached hydrogens (tertiary/aromatic N) is 5. The van der Waals surface area contributed by atoms with Gasteiger partial charge in [0.15, 0.2) is 29.4 Å². The number of nitrogens with one attached hydrogen (secondary N) is 1. The van der Waals surface area contributed by atoms with Crippen LogP contribution in [0.25, 0.3) is 11.2 Å². The van der Waals surface area contributed by atoms with Gasteiger partial charge in [0.1, 0.15) is 29.3 Å². The van der Waals surface area contributed by atoms with Gasteiger partial charge >= 0.3 is 12.6 Å². The van der Waals surface area contributed by atoms with E-state index < -0.39 is 49.4 Å². The van der Waals surface area contributed by atoms with Crippen LogP contribution in [0.2, 0.25) is 0 Å². The van der Waals surface area contributed by atoms with Gasteiger partial charge in [-0.2, -0.15) is 0 Å². The summed E-state index contributed by atoms with van der Waals surface area (Å²) in [6.07, 6.45) is -3.58. The normalized spacial score (nSPS) is 24.6. The summed E-state index contributed by atoms with van der Waals surface area (Å²) in [5, 5.41) is 14.0. The molecular formula is C25H33ClFN6O6PS. The first-order valence-corrected chi connectivity index (χ1v) is 16.0. The Morgan fingerprint density at radius 2 is 2.07 bits per heavy atom. The minimum atomic E-state index is -3.51. The number of halogens is 2. The van der Waals surface area contributed by atoms with Crippen LogP contribution in [0.15, 0.2) is 36.7 Å². The van der Waals surface area contributed by atoms with Crippen LogP contribution in [0.5, 0.6) is 5.75 Å². The lowest BCUT2D eigenvalue weighted by molar-refractivity contribution is -0.144. The molecule has 6 atom stereocenters. The maximum atomic E-state index is 15.8. The van der Waals surface area contributed by atoms with Crippen LogP contribution < -0.4 is 14.5 Å². The van der Waals surface area contributed by atoms with Gasteiger partial charge in [0.2, 0.25) is 0 Å². The van der Waals surface area contributed by atoms with Gasteiger partial charge in [-0.1, -0.05) is 18.2 Å². The molecule has 0 amide bonds. The van der Waals surface area contributed by atoms with Crippen molar-refractivity contribution in [2.24, 2.45) is 0 Å². The van der Waals surface area contributed by atoms with E-state index in [0.717, 1.165) is 0 Å². The maximum Gasteiger partial charge on any atom is 0.323 e. The van der Waals surface area contributed by atoms with Crippen LogP contribution in [-0.4, -0.2) is 87.7 Å². The van der Waals surface area contributed by atoms with Crippen LogP contribution in [0.3, 0.4) is 0 Å². The number of ether oxygens (including phenoxy) is 2. The van der Waals surface area contributed by atoms with E-state index in [2.05, 4.69) is 20.0 Å². The molecule has 1 aromatic carbocycles. The Hall–Kier alpha value is -2.45. The molecule has 0 unspecified atom stereocenters. The molecule has 1 fully saturated rings. The lowest BCUT2D eigenvalue weighted by atomic mass is 9.99. The molecule has 41 heavy (non-hydrogen) atoms. The van der Waals surface area contributed by atoms with Crippen molar-refractivity contribution in [3.05, 3.63) is 42.5 Å². The fourth-order valence-corrected chi connectivity index (χ4v) is 7.00. The van der Waals surface area contributed by atoms with E-state index in [0.29, 0.717) is 28.6 Å². The molecule has 16 heteroatoms. The molecular weight excluding hydrogens is 598 g/mol. The molecule has 0 bridgehead atoms. The number of alkyl halides is 2. The van der Waals surface area contributed by atoms with Crippen molar-refractivity contribution in [3.63, 3.8) is 0 Å². The lowest BCUT2D eigenvalue weighted by Crippen LogP contribution is -2.48. The minimum Gasteiger partial charge on any atom is -0.465 e. The third kappa shape index (κ3) is 6.64. The first kappa shape index (κ1) is 31.5. The number of benzene rings is 1. The highest BCUT2D eigenvalue weighted by Gasteiger charge is 2.57. The number of carbonyl (C=O) groups excluding carboxylic acids is 1. The Kier molecular flexibility index (Phi) is 9.85. The number of esters is 1. The first-order chi connectivity index (χ1) is 19.4. The fourth-order valence-electron chi connectivity index (χ4n) is 4.27. The number of para-hydroxylation sites is 1. The van der Waals surface area contributed by atoms with Gasteiger partial charge in [0, 0.05) is 14.1 Å². The molecule has 2 N–H and O–H groups in total. The Balaban J connectivity index is 1.62. The van der Waals surface area contributed by atoms with Crippen LogP contribution in [0.4, 0.5) is 10.2 Å². The van der Waals surface area contributed by atoms with Crippen molar-refractivity contribution in [1.29, 1.82) is 0 Å². The fraction of sp³-hybridized carbons (Fsp3) is 0.520. The average Bonchev–Trinajstić information content (AvgIpc) is 3.46. The molecule has 0 saturated carbocycles. The van der Waals surface area contributed by atoms with Crippen molar-refractivity contribution < 1.29 is 32.8 Å². The SMILES string of the molecule is CCOC(=O)[C@H](C)N[P@](=S)(OC[C@@]1(CCl)O[C@@H](n2cnc3c(N(C)C)nc(C)nc32)[C@H](F)[C@@H]1O)Oc1ccccc1. The quantitative estimate of drug-likeness (QED) is 0.173. The number of anilines is 1. The number of aliphatic hydroxyl groups excluding tert-OH is 1. The summed E-state index contributed by atoms with van der Waals surface area (Å²) in [6, 6.07) is 7.74. The maximum absolute atomic E-state index is 15.8. The van der Waals surface area contributed by atoms with Crippen LogP contribution in [-0.2, 0) is 30.6 Å². The lowest BCUT2D eigenvalue weighted by Gasteiger charge is -2.33. The number of hydrogen-bond donors (Lipinski definition) is 2. The third-order valence-electron chi connectivity index (χ3n) is 6.35. The van der Waals surface area contributed by atoms with Gasteiger partial charge in [-0.15, -0.1) is 11.6 Å². The van der Waals surface area contributed by atoms with E-state index in [-0.39, 0.29) is 12.5 Å². The predicted molar refractivity (Wildman–Crippen MR) is 155 cm³/mol. The van der Waals surface area contributed by atoms with Gasteiger partial charge in [-0.05, 0) is 44.7 Å². The van der Waals surface area contributed by atoms with Gasteiger partial charge < -0.3 is 28.5 Å². The Morgan fingerprint density at radius 1 is 1.37 bits per heavy atom. The van der Waals surface area contributed by atoms with Crippen molar-refractivity contribution in [2.45, 2.75) is 50.9 Å². The summed E-state index contributed by atoms with van der Waals surface area (Å²) in [7, 11) is 3.62. The second-order valence-corrected chi connectivity index (χ2v) is 13.1. The molecule has 0 spiro atoms. The van der Waals surface area contributed by atoms with E-state index in [4.69, 9.17) is 41.9 Å².